The van der Waals surface area contributed by atoms with Gasteiger partial charge in [-0.3, -0.25) is 9.59 Å². The number of carbonyl (C=O) groups excluding carboxylic acids is 2. The Hall–Kier alpha value is -3.81. The quantitative estimate of drug-likeness (QED) is 0.367. The van der Waals surface area contributed by atoms with Crippen LogP contribution in [0.15, 0.2) is 61.4 Å². The Morgan fingerprint density at radius 2 is 1.69 bits per heavy atom. The molecule has 1 aliphatic rings. The summed E-state index contributed by atoms with van der Waals surface area (Å²) in [6, 6.07) is 14.6. The van der Waals surface area contributed by atoms with Gasteiger partial charge in [0.2, 0.25) is 5.91 Å². The summed E-state index contributed by atoms with van der Waals surface area (Å²) in [5.74, 6) is -1.94. The monoisotopic (exact) mass is 438 g/mol. The fourth-order valence-corrected chi connectivity index (χ4v) is 3.74. The number of carboxylic acids is 1. The summed E-state index contributed by atoms with van der Waals surface area (Å²) in [5, 5.41) is 14.1. The number of alkyl carbamates (subject to hydrolysis) is 1. The van der Waals surface area contributed by atoms with Gasteiger partial charge in [0.05, 0.1) is 19.3 Å². The third-order valence-corrected chi connectivity index (χ3v) is 5.19. The first-order valence-corrected chi connectivity index (χ1v) is 10.3. The SMILES string of the molecule is C=COCCCNC(=O)C(CC(=O)O)NC(=O)OCC1c2ccccc2-c2ccccc21. The standard InChI is InChI=1S/C24H26N2O6/c1-2-31-13-7-12-25-23(29)21(14-22(27)28)26-24(30)32-15-20-18-10-5-3-8-16(18)17-9-4-6-11-19(17)20/h2-6,8-11,20-21H,1,7,12-15H2,(H,25,29)(H,26,30)(H,27,28). The van der Waals surface area contributed by atoms with E-state index in [0.29, 0.717) is 13.0 Å². The molecular weight excluding hydrogens is 412 g/mol. The molecule has 0 aromatic heterocycles. The number of nitrogens with one attached hydrogen (secondary N) is 2. The summed E-state index contributed by atoms with van der Waals surface area (Å²) in [7, 11) is 0. The van der Waals surface area contributed by atoms with Gasteiger partial charge in [-0.25, -0.2) is 4.79 Å². The first kappa shape index (κ1) is 22.9. The van der Waals surface area contributed by atoms with E-state index in [-0.39, 0.29) is 19.1 Å². The second-order valence-corrected chi connectivity index (χ2v) is 7.30. The summed E-state index contributed by atoms with van der Waals surface area (Å²) in [4.78, 5) is 35.9. The third-order valence-electron chi connectivity index (χ3n) is 5.19. The van der Waals surface area contributed by atoms with Crippen LogP contribution in [0.25, 0.3) is 11.1 Å². The fourth-order valence-electron chi connectivity index (χ4n) is 3.74. The maximum Gasteiger partial charge on any atom is 0.407 e. The molecule has 0 spiro atoms. The van der Waals surface area contributed by atoms with Crippen molar-refractivity contribution in [3.8, 4) is 11.1 Å². The molecule has 32 heavy (non-hydrogen) atoms. The van der Waals surface area contributed by atoms with Crippen molar-refractivity contribution in [2.45, 2.75) is 24.8 Å². The number of rotatable bonds is 11. The highest BCUT2D eigenvalue weighted by Crippen LogP contribution is 2.44. The average Bonchev–Trinajstić information content (AvgIpc) is 3.10. The highest BCUT2D eigenvalue weighted by molar-refractivity contribution is 5.89. The van der Waals surface area contributed by atoms with E-state index in [9.17, 15) is 14.4 Å². The van der Waals surface area contributed by atoms with E-state index < -0.39 is 30.4 Å². The lowest BCUT2D eigenvalue weighted by atomic mass is 9.98. The van der Waals surface area contributed by atoms with Crippen LogP contribution in [0, 0.1) is 0 Å². The molecule has 3 N–H and O–H groups in total. The second kappa shape index (κ2) is 11.0. The normalized spacial score (nSPS) is 12.8. The van der Waals surface area contributed by atoms with Gasteiger partial charge in [-0.2, -0.15) is 0 Å². The molecule has 1 atom stereocenters. The number of benzene rings is 2. The van der Waals surface area contributed by atoms with E-state index >= 15 is 0 Å². The number of hydrogen-bond donors (Lipinski definition) is 3. The van der Waals surface area contributed by atoms with Crippen LogP contribution in [-0.2, 0) is 19.1 Å². The number of fused-ring (bicyclic) bond motifs is 3. The second-order valence-electron chi connectivity index (χ2n) is 7.30. The largest absolute Gasteiger partial charge is 0.502 e. The van der Waals surface area contributed by atoms with Gasteiger partial charge in [0, 0.05) is 12.5 Å². The Labute approximate surface area is 186 Å². The first-order chi connectivity index (χ1) is 15.5. The van der Waals surface area contributed by atoms with Crippen molar-refractivity contribution in [3.05, 3.63) is 72.5 Å². The Balaban J connectivity index is 1.59. The van der Waals surface area contributed by atoms with Gasteiger partial charge in [0.15, 0.2) is 0 Å². The molecule has 1 unspecified atom stereocenters. The predicted octanol–water partition coefficient (Wildman–Crippen LogP) is 3.03. The minimum absolute atomic E-state index is 0.0696. The zero-order valence-corrected chi connectivity index (χ0v) is 17.6. The highest BCUT2D eigenvalue weighted by Gasteiger charge is 2.30. The molecule has 2 amide bonds. The van der Waals surface area contributed by atoms with Crippen LogP contribution >= 0.6 is 0 Å². The molecule has 2 aromatic rings. The Morgan fingerprint density at radius 3 is 2.28 bits per heavy atom. The molecule has 8 nitrogen and oxygen atoms in total. The Morgan fingerprint density at radius 1 is 1.06 bits per heavy atom. The zero-order chi connectivity index (χ0) is 22.9. The maximum atomic E-state index is 12.4. The molecule has 0 bridgehead atoms. The van der Waals surface area contributed by atoms with E-state index in [2.05, 4.69) is 17.2 Å². The Bertz CT molecular complexity index is 944. The average molecular weight is 438 g/mol. The van der Waals surface area contributed by atoms with Crippen LogP contribution in [-0.4, -0.2) is 48.9 Å². The van der Waals surface area contributed by atoms with Gasteiger partial charge in [-0.05, 0) is 28.7 Å². The molecule has 8 heteroatoms. The number of carbonyl (C=O) groups is 3. The van der Waals surface area contributed by atoms with Crippen molar-refractivity contribution < 1.29 is 29.0 Å². The van der Waals surface area contributed by atoms with Gasteiger partial charge < -0.3 is 25.2 Å². The molecule has 168 valence electrons. The Kier molecular flexibility index (Phi) is 7.85. The lowest BCUT2D eigenvalue weighted by Crippen LogP contribution is -2.48. The van der Waals surface area contributed by atoms with E-state index in [0.717, 1.165) is 22.3 Å². The van der Waals surface area contributed by atoms with Gasteiger partial charge in [0.1, 0.15) is 12.6 Å². The maximum absolute atomic E-state index is 12.4. The number of amides is 2. The van der Waals surface area contributed by atoms with Crippen molar-refractivity contribution in [2.75, 3.05) is 19.8 Å². The summed E-state index contributed by atoms with van der Waals surface area (Å²) in [5.41, 5.74) is 4.31. The number of carboxylic acid groups (broad SMARTS) is 1. The lowest BCUT2D eigenvalue weighted by molar-refractivity contribution is -0.139. The molecule has 0 heterocycles. The molecule has 0 saturated heterocycles. The predicted molar refractivity (Wildman–Crippen MR) is 118 cm³/mol. The summed E-state index contributed by atoms with van der Waals surface area (Å²) in [6.07, 6.45) is 0.415. The van der Waals surface area contributed by atoms with Gasteiger partial charge in [-0.15, -0.1) is 0 Å². The lowest BCUT2D eigenvalue weighted by Gasteiger charge is -2.18. The first-order valence-electron chi connectivity index (χ1n) is 10.3. The smallest absolute Gasteiger partial charge is 0.407 e. The topological polar surface area (TPSA) is 114 Å². The summed E-state index contributed by atoms with van der Waals surface area (Å²) >= 11 is 0. The van der Waals surface area contributed by atoms with Crippen LogP contribution in [0.2, 0.25) is 0 Å². The molecule has 1 aliphatic carbocycles. The van der Waals surface area contributed by atoms with Crippen LogP contribution in [0.1, 0.15) is 29.9 Å². The molecule has 0 fully saturated rings. The molecule has 0 aliphatic heterocycles. The molecular formula is C24H26N2O6. The number of ether oxygens (including phenoxy) is 2. The highest BCUT2D eigenvalue weighted by atomic mass is 16.5. The molecule has 2 aromatic carbocycles. The van der Waals surface area contributed by atoms with Gasteiger partial charge in [0.25, 0.3) is 0 Å². The minimum Gasteiger partial charge on any atom is -0.502 e. The molecule has 0 radical (unpaired) electrons. The van der Waals surface area contributed by atoms with E-state index in [4.69, 9.17) is 14.6 Å². The minimum atomic E-state index is -1.25. The van der Waals surface area contributed by atoms with Crippen LogP contribution in [0.3, 0.4) is 0 Å². The van der Waals surface area contributed by atoms with Crippen LogP contribution in [0.5, 0.6) is 0 Å². The fraction of sp³-hybridized carbons (Fsp3) is 0.292. The summed E-state index contributed by atoms with van der Waals surface area (Å²) < 4.78 is 10.4. The molecule has 0 saturated carbocycles. The van der Waals surface area contributed by atoms with E-state index in [1.165, 1.54) is 6.26 Å². The van der Waals surface area contributed by atoms with Crippen LogP contribution in [0.4, 0.5) is 4.79 Å². The van der Waals surface area contributed by atoms with Crippen molar-refractivity contribution in [1.29, 1.82) is 0 Å². The van der Waals surface area contributed by atoms with Gasteiger partial charge in [-0.1, -0.05) is 55.1 Å². The van der Waals surface area contributed by atoms with Crippen molar-refractivity contribution in [2.24, 2.45) is 0 Å². The van der Waals surface area contributed by atoms with Crippen LogP contribution < -0.4 is 10.6 Å². The number of hydrogen-bond acceptors (Lipinski definition) is 5. The summed E-state index contributed by atoms with van der Waals surface area (Å²) in [6.45, 7) is 4.13. The number of aliphatic carboxylic acids is 1. The van der Waals surface area contributed by atoms with Crippen molar-refractivity contribution in [1.82, 2.24) is 10.6 Å². The van der Waals surface area contributed by atoms with E-state index in [1.807, 2.05) is 48.5 Å². The van der Waals surface area contributed by atoms with Gasteiger partial charge >= 0.3 is 12.1 Å². The third kappa shape index (κ3) is 5.66. The van der Waals surface area contributed by atoms with Crippen molar-refractivity contribution in [3.63, 3.8) is 0 Å². The molecule has 3 rings (SSSR count). The zero-order valence-electron chi connectivity index (χ0n) is 17.6. The van der Waals surface area contributed by atoms with E-state index in [1.54, 1.807) is 0 Å². The van der Waals surface area contributed by atoms with Crippen molar-refractivity contribution >= 4 is 18.0 Å².